The van der Waals surface area contributed by atoms with E-state index in [1.165, 1.54) is 4.80 Å². The molecule has 1 aromatic carbocycles. The van der Waals surface area contributed by atoms with Crippen molar-refractivity contribution in [1.29, 1.82) is 0 Å². The molecule has 2 N–H and O–H groups in total. The minimum Gasteiger partial charge on any atom is -0.329 e. The molecule has 0 spiro atoms. The molecule has 0 fully saturated rings. The maximum absolute atomic E-state index is 5.41. The van der Waals surface area contributed by atoms with Gasteiger partial charge < -0.3 is 5.73 Å². The summed E-state index contributed by atoms with van der Waals surface area (Å²) in [7, 11) is 0. The van der Waals surface area contributed by atoms with Gasteiger partial charge in [0, 0.05) is 17.4 Å². The second-order valence-corrected chi connectivity index (χ2v) is 4.31. The van der Waals surface area contributed by atoms with Crippen LogP contribution >= 0.6 is 15.9 Å². The van der Waals surface area contributed by atoms with Gasteiger partial charge in [0.05, 0.1) is 6.54 Å². The van der Waals surface area contributed by atoms with E-state index in [9.17, 15) is 0 Å². The Morgan fingerprint density at radius 1 is 1.38 bits per heavy atom. The molecule has 84 valence electrons. The van der Waals surface area contributed by atoms with Crippen LogP contribution in [0.2, 0.25) is 0 Å². The van der Waals surface area contributed by atoms with Gasteiger partial charge in [-0.1, -0.05) is 28.1 Å². The lowest BCUT2D eigenvalue weighted by molar-refractivity contribution is 0.529. The number of tetrazole rings is 1. The predicted octanol–water partition coefficient (Wildman–Crippen LogP) is 0.985. The molecule has 0 aliphatic rings. The summed E-state index contributed by atoms with van der Waals surface area (Å²) in [5.41, 5.74) is 6.56. The van der Waals surface area contributed by atoms with Gasteiger partial charge in [0.2, 0.25) is 0 Å². The van der Waals surface area contributed by atoms with Crippen LogP contribution in [0.4, 0.5) is 0 Å². The van der Waals surface area contributed by atoms with Crippen molar-refractivity contribution >= 4 is 15.9 Å². The number of rotatable bonds is 4. The van der Waals surface area contributed by atoms with Gasteiger partial charge in [0.1, 0.15) is 0 Å². The fraction of sp³-hybridized carbons (Fsp3) is 0.300. The summed E-state index contributed by atoms with van der Waals surface area (Å²) in [6.45, 7) is 1.12. The third kappa shape index (κ3) is 2.86. The van der Waals surface area contributed by atoms with Gasteiger partial charge in [0.25, 0.3) is 0 Å². The van der Waals surface area contributed by atoms with E-state index in [2.05, 4.69) is 31.3 Å². The molecule has 2 rings (SSSR count). The molecule has 0 amide bonds. The Bertz CT molecular complexity index is 468. The van der Waals surface area contributed by atoms with Crippen molar-refractivity contribution < 1.29 is 0 Å². The standard InChI is InChI=1S/C10H12BrN5/c11-9-3-1-2-8(6-9)7-10-13-15-16(14-10)5-4-12/h1-3,6H,4-5,7,12H2. The summed E-state index contributed by atoms with van der Waals surface area (Å²) < 4.78 is 1.05. The second kappa shape index (κ2) is 5.18. The van der Waals surface area contributed by atoms with Crippen molar-refractivity contribution in [2.45, 2.75) is 13.0 Å². The number of hydrogen-bond donors (Lipinski definition) is 1. The van der Waals surface area contributed by atoms with Gasteiger partial charge in [0.15, 0.2) is 5.82 Å². The quantitative estimate of drug-likeness (QED) is 0.907. The summed E-state index contributed by atoms with van der Waals surface area (Å²) in [6.07, 6.45) is 0.685. The Hall–Kier alpha value is -1.27. The highest BCUT2D eigenvalue weighted by molar-refractivity contribution is 9.10. The Morgan fingerprint density at radius 3 is 3.00 bits per heavy atom. The molecule has 5 nitrogen and oxygen atoms in total. The van der Waals surface area contributed by atoms with Crippen LogP contribution in [-0.4, -0.2) is 26.8 Å². The van der Waals surface area contributed by atoms with Crippen LogP contribution in [0.5, 0.6) is 0 Å². The van der Waals surface area contributed by atoms with Gasteiger partial charge in [-0.3, -0.25) is 0 Å². The maximum atomic E-state index is 5.41. The lowest BCUT2D eigenvalue weighted by atomic mass is 10.1. The van der Waals surface area contributed by atoms with Crippen molar-refractivity contribution in [3.05, 3.63) is 40.1 Å². The summed E-state index contributed by atoms with van der Waals surface area (Å²) in [6, 6.07) is 8.06. The fourth-order valence-corrected chi connectivity index (χ4v) is 1.83. The highest BCUT2D eigenvalue weighted by Gasteiger charge is 2.03. The third-order valence-electron chi connectivity index (χ3n) is 2.07. The number of hydrogen-bond acceptors (Lipinski definition) is 4. The van der Waals surface area contributed by atoms with Crippen LogP contribution in [0.25, 0.3) is 0 Å². The highest BCUT2D eigenvalue weighted by Crippen LogP contribution is 2.13. The maximum Gasteiger partial charge on any atom is 0.179 e. The molecule has 1 aromatic heterocycles. The van der Waals surface area contributed by atoms with E-state index in [1.54, 1.807) is 0 Å². The van der Waals surface area contributed by atoms with E-state index in [4.69, 9.17) is 5.73 Å². The van der Waals surface area contributed by atoms with Crippen LogP contribution in [0.3, 0.4) is 0 Å². The topological polar surface area (TPSA) is 69.6 Å². The molecule has 0 atom stereocenters. The predicted molar refractivity (Wildman–Crippen MR) is 63.8 cm³/mol. The number of benzene rings is 1. The Morgan fingerprint density at radius 2 is 2.25 bits per heavy atom. The number of aromatic nitrogens is 4. The molecule has 0 saturated heterocycles. The highest BCUT2D eigenvalue weighted by atomic mass is 79.9. The minimum absolute atomic E-state index is 0.521. The van der Waals surface area contributed by atoms with Crippen LogP contribution in [-0.2, 0) is 13.0 Å². The third-order valence-corrected chi connectivity index (χ3v) is 2.57. The molecule has 6 heteroatoms. The first-order valence-electron chi connectivity index (χ1n) is 4.99. The van der Waals surface area contributed by atoms with Crippen molar-refractivity contribution in [2.75, 3.05) is 6.54 Å². The molecule has 2 aromatic rings. The zero-order valence-electron chi connectivity index (χ0n) is 8.67. The van der Waals surface area contributed by atoms with Crippen molar-refractivity contribution in [3.63, 3.8) is 0 Å². The Balaban J connectivity index is 2.08. The van der Waals surface area contributed by atoms with Crippen LogP contribution in [0, 0.1) is 0 Å². The molecule has 0 aliphatic heterocycles. The molecule has 1 heterocycles. The molecule has 0 unspecified atom stereocenters. The average Bonchev–Trinajstić information content (AvgIpc) is 2.66. The van der Waals surface area contributed by atoms with Gasteiger partial charge in [-0.25, -0.2) is 0 Å². The summed E-state index contributed by atoms with van der Waals surface area (Å²) in [5, 5.41) is 12.1. The van der Waals surface area contributed by atoms with Crippen molar-refractivity contribution in [1.82, 2.24) is 20.2 Å². The monoisotopic (exact) mass is 281 g/mol. The zero-order valence-corrected chi connectivity index (χ0v) is 10.3. The van der Waals surface area contributed by atoms with Gasteiger partial charge in [-0.15, -0.1) is 10.2 Å². The van der Waals surface area contributed by atoms with E-state index in [1.807, 2.05) is 24.3 Å². The number of nitrogens with zero attached hydrogens (tertiary/aromatic N) is 4. The SMILES string of the molecule is NCCn1nnc(Cc2cccc(Br)c2)n1. The van der Waals surface area contributed by atoms with Crippen molar-refractivity contribution in [2.24, 2.45) is 5.73 Å². The number of halogens is 1. The minimum atomic E-state index is 0.521. The summed E-state index contributed by atoms with van der Waals surface area (Å²) in [5.74, 6) is 0.714. The molecular weight excluding hydrogens is 270 g/mol. The summed E-state index contributed by atoms with van der Waals surface area (Å²) in [4.78, 5) is 1.52. The second-order valence-electron chi connectivity index (χ2n) is 3.40. The fourth-order valence-electron chi connectivity index (χ4n) is 1.39. The van der Waals surface area contributed by atoms with Gasteiger partial charge >= 0.3 is 0 Å². The van der Waals surface area contributed by atoms with Crippen LogP contribution < -0.4 is 5.73 Å². The van der Waals surface area contributed by atoms with Gasteiger partial charge in [-0.05, 0) is 22.9 Å². The first-order valence-corrected chi connectivity index (χ1v) is 5.78. The van der Waals surface area contributed by atoms with Crippen molar-refractivity contribution in [3.8, 4) is 0 Å². The largest absolute Gasteiger partial charge is 0.329 e. The first-order chi connectivity index (χ1) is 7.78. The van der Waals surface area contributed by atoms with E-state index < -0.39 is 0 Å². The molecule has 0 aliphatic carbocycles. The van der Waals surface area contributed by atoms with Crippen LogP contribution in [0.1, 0.15) is 11.4 Å². The average molecular weight is 282 g/mol. The Kier molecular flexibility index (Phi) is 3.63. The van der Waals surface area contributed by atoms with E-state index in [0.717, 1.165) is 10.0 Å². The summed E-state index contributed by atoms with van der Waals surface area (Å²) >= 11 is 3.43. The Labute approximate surface area is 102 Å². The molecular formula is C10H12BrN5. The zero-order chi connectivity index (χ0) is 11.4. The molecule has 16 heavy (non-hydrogen) atoms. The lowest BCUT2D eigenvalue weighted by Gasteiger charge is -1.97. The lowest BCUT2D eigenvalue weighted by Crippen LogP contribution is -2.12. The van der Waals surface area contributed by atoms with E-state index in [0.29, 0.717) is 25.3 Å². The molecule has 0 bridgehead atoms. The normalized spacial score (nSPS) is 10.6. The molecule has 0 saturated carbocycles. The number of nitrogens with two attached hydrogens (primary N) is 1. The van der Waals surface area contributed by atoms with E-state index in [-0.39, 0.29) is 0 Å². The smallest absolute Gasteiger partial charge is 0.179 e. The molecule has 0 radical (unpaired) electrons. The first kappa shape index (κ1) is 11.2. The van der Waals surface area contributed by atoms with E-state index >= 15 is 0 Å². The van der Waals surface area contributed by atoms with Crippen LogP contribution in [0.15, 0.2) is 28.7 Å². The van der Waals surface area contributed by atoms with Gasteiger partial charge in [-0.2, -0.15) is 4.80 Å².